The molecule has 1 aromatic rings. The fraction of sp³-hybridized carbons (Fsp3) is 0.632. The lowest BCUT2D eigenvalue weighted by atomic mass is 9.85. The molecule has 1 unspecified atom stereocenters. The molecule has 5 nitrogen and oxygen atoms in total. The predicted molar refractivity (Wildman–Crippen MR) is 93.7 cm³/mol. The summed E-state index contributed by atoms with van der Waals surface area (Å²) in [5.41, 5.74) is 1.14. The van der Waals surface area contributed by atoms with Gasteiger partial charge in [-0.2, -0.15) is 0 Å². The molecule has 0 radical (unpaired) electrons. The molecular formula is C19H29NO4. The van der Waals surface area contributed by atoms with Crippen molar-refractivity contribution < 1.29 is 19.4 Å². The minimum Gasteiger partial charge on any atom is -0.493 e. The van der Waals surface area contributed by atoms with E-state index in [4.69, 9.17) is 14.6 Å². The Morgan fingerprint density at radius 3 is 2.38 bits per heavy atom. The lowest BCUT2D eigenvalue weighted by Gasteiger charge is -2.30. The highest BCUT2D eigenvalue weighted by atomic mass is 16.5. The van der Waals surface area contributed by atoms with Crippen LogP contribution in [0.25, 0.3) is 0 Å². The number of ether oxygens (including phenoxy) is 2. The summed E-state index contributed by atoms with van der Waals surface area (Å²) in [5.74, 6) is 0.660. The van der Waals surface area contributed by atoms with E-state index < -0.39 is 5.97 Å². The lowest BCUT2D eigenvalue weighted by Crippen LogP contribution is -2.36. The van der Waals surface area contributed by atoms with Crippen molar-refractivity contribution in [2.24, 2.45) is 5.92 Å². The molecule has 1 saturated carbocycles. The Morgan fingerprint density at radius 1 is 1.17 bits per heavy atom. The maximum Gasteiger partial charge on any atom is 0.306 e. The standard InChI is InChI=1S/C19H29NO4/c1-12(2)24-17-10-7-15(11-18(17)23-4)13(3)20-16-8-5-14(6-9-16)19(21)22/h7,10-14,16,20H,5-6,8-9H2,1-4H3,(H,21,22). The van der Waals surface area contributed by atoms with Crippen molar-refractivity contribution in [1.82, 2.24) is 5.32 Å². The molecule has 24 heavy (non-hydrogen) atoms. The fourth-order valence-electron chi connectivity index (χ4n) is 3.26. The molecular weight excluding hydrogens is 306 g/mol. The summed E-state index contributed by atoms with van der Waals surface area (Å²) >= 11 is 0. The van der Waals surface area contributed by atoms with E-state index >= 15 is 0 Å². The maximum atomic E-state index is 11.0. The van der Waals surface area contributed by atoms with E-state index in [1.807, 2.05) is 26.0 Å². The molecule has 5 heteroatoms. The smallest absolute Gasteiger partial charge is 0.306 e. The molecule has 0 heterocycles. The Bertz CT molecular complexity index is 550. The summed E-state index contributed by atoms with van der Waals surface area (Å²) < 4.78 is 11.2. The Kier molecular flexibility index (Phi) is 6.49. The SMILES string of the molecule is COc1cc(C(C)NC2CCC(C(=O)O)CC2)ccc1OC(C)C. The molecule has 1 aliphatic rings. The summed E-state index contributed by atoms with van der Waals surface area (Å²) in [5, 5.41) is 12.7. The van der Waals surface area contributed by atoms with Crippen LogP contribution in [0, 0.1) is 5.92 Å². The van der Waals surface area contributed by atoms with Gasteiger partial charge in [-0.1, -0.05) is 6.07 Å². The zero-order valence-electron chi connectivity index (χ0n) is 15.0. The fourth-order valence-corrected chi connectivity index (χ4v) is 3.26. The number of rotatable bonds is 7. The van der Waals surface area contributed by atoms with Crippen LogP contribution in [-0.2, 0) is 4.79 Å². The van der Waals surface area contributed by atoms with E-state index in [1.54, 1.807) is 7.11 Å². The molecule has 134 valence electrons. The van der Waals surface area contributed by atoms with E-state index in [2.05, 4.69) is 18.3 Å². The number of carboxylic acids is 1. The Morgan fingerprint density at radius 2 is 1.83 bits per heavy atom. The molecule has 0 saturated heterocycles. The van der Waals surface area contributed by atoms with E-state index in [0.29, 0.717) is 6.04 Å². The number of nitrogens with one attached hydrogen (secondary N) is 1. The van der Waals surface area contributed by atoms with E-state index in [1.165, 1.54) is 0 Å². The predicted octanol–water partition coefficient (Wildman–Crippen LogP) is 3.78. The number of hydrogen-bond acceptors (Lipinski definition) is 4. The van der Waals surface area contributed by atoms with E-state index in [0.717, 1.165) is 42.7 Å². The largest absolute Gasteiger partial charge is 0.493 e. The molecule has 1 fully saturated rings. The summed E-state index contributed by atoms with van der Waals surface area (Å²) in [6.45, 7) is 6.11. The van der Waals surface area contributed by atoms with Crippen LogP contribution in [0.5, 0.6) is 11.5 Å². The summed E-state index contributed by atoms with van der Waals surface area (Å²) in [6, 6.07) is 6.57. The van der Waals surface area contributed by atoms with Gasteiger partial charge < -0.3 is 19.9 Å². The zero-order chi connectivity index (χ0) is 17.7. The second-order valence-corrected chi connectivity index (χ2v) is 6.85. The second kappa shape index (κ2) is 8.38. The third-order valence-electron chi connectivity index (χ3n) is 4.61. The van der Waals surface area contributed by atoms with Gasteiger partial charge in [0, 0.05) is 12.1 Å². The molecule has 1 aromatic carbocycles. The number of methoxy groups -OCH3 is 1. The summed E-state index contributed by atoms with van der Waals surface area (Å²) in [4.78, 5) is 11.0. The van der Waals surface area contributed by atoms with Crippen molar-refractivity contribution in [3.05, 3.63) is 23.8 Å². The first-order chi connectivity index (χ1) is 11.4. The first-order valence-corrected chi connectivity index (χ1v) is 8.74. The van der Waals surface area contributed by atoms with Crippen molar-refractivity contribution in [2.45, 2.75) is 64.6 Å². The average Bonchev–Trinajstić information content (AvgIpc) is 2.55. The normalized spacial score (nSPS) is 22.2. The third-order valence-corrected chi connectivity index (χ3v) is 4.61. The van der Waals surface area contributed by atoms with E-state index in [9.17, 15) is 4.79 Å². The van der Waals surface area contributed by atoms with Crippen molar-refractivity contribution >= 4 is 5.97 Å². The zero-order valence-corrected chi connectivity index (χ0v) is 15.0. The minimum atomic E-state index is -0.660. The van der Waals surface area contributed by atoms with Crippen LogP contribution in [0.1, 0.15) is 58.1 Å². The maximum absolute atomic E-state index is 11.0. The van der Waals surface area contributed by atoms with Crippen LogP contribution in [0.4, 0.5) is 0 Å². The summed E-state index contributed by atoms with van der Waals surface area (Å²) in [7, 11) is 1.65. The molecule has 1 aliphatic carbocycles. The molecule has 0 aromatic heterocycles. The molecule has 0 aliphatic heterocycles. The van der Waals surface area contributed by atoms with Gasteiger partial charge in [-0.15, -0.1) is 0 Å². The quantitative estimate of drug-likeness (QED) is 0.794. The van der Waals surface area contributed by atoms with Gasteiger partial charge in [-0.05, 0) is 64.2 Å². The highest BCUT2D eigenvalue weighted by Crippen LogP contribution is 2.32. The number of carboxylic acid groups (broad SMARTS) is 1. The number of aliphatic carboxylic acids is 1. The van der Waals surface area contributed by atoms with Crippen LogP contribution >= 0.6 is 0 Å². The first kappa shape index (κ1) is 18.6. The monoisotopic (exact) mass is 335 g/mol. The second-order valence-electron chi connectivity index (χ2n) is 6.85. The topological polar surface area (TPSA) is 67.8 Å². The Hall–Kier alpha value is -1.75. The molecule has 0 spiro atoms. The van der Waals surface area contributed by atoms with Gasteiger partial charge in [0.1, 0.15) is 0 Å². The molecule has 0 bridgehead atoms. The summed E-state index contributed by atoms with van der Waals surface area (Å²) in [6.07, 6.45) is 3.43. The van der Waals surface area contributed by atoms with Gasteiger partial charge >= 0.3 is 5.97 Å². The molecule has 0 amide bonds. The van der Waals surface area contributed by atoms with Crippen molar-refractivity contribution in [2.75, 3.05) is 7.11 Å². The lowest BCUT2D eigenvalue weighted by molar-refractivity contribution is -0.142. The van der Waals surface area contributed by atoms with Gasteiger partial charge in [0.15, 0.2) is 11.5 Å². The molecule has 1 atom stereocenters. The van der Waals surface area contributed by atoms with Gasteiger partial charge in [-0.3, -0.25) is 4.79 Å². The highest BCUT2D eigenvalue weighted by Gasteiger charge is 2.26. The molecule has 2 rings (SSSR count). The highest BCUT2D eigenvalue weighted by molar-refractivity contribution is 5.70. The van der Waals surface area contributed by atoms with Crippen LogP contribution in [0.2, 0.25) is 0 Å². The Labute approximate surface area is 144 Å². The average molecular weight is 335 g/mol. The minimum absolute atomic E-state index is 0.102. The van der Waals surface area contributed by atoms with Gasteiger partial charge in [-0.25, -0.2) is 0 Å². The molecule has 2 N–H and O–H groups in total. The van der Waals surface area contributed by atoms with Crippen molar-refractivity contribution in [3.8, 4) is 11.5 Å². The Balaban J connectivity index is 1.97. The number of benzene rings is 1. The van der Waals surface area contributed by atoms with Crippen LogP contribution in [0.3, 0.4) is 0 Å². The van der Waals surface area contributed by atoms with Crippen LogP contribution in [0.15, 0.2) is 18.2 Å². The first-order valence-electron chi connectivity index (χ1n) is 8.74. The number of carbonyl (C=O) groups is 1. The van der Waals surface area contributed by atoms with Gasteiger partial charge in [0.05, 0.1) is 19.1 Å². The van der Waals surface area contributed by atoms with Crippen molar-refractivity contribution in [3.63, 3.8) is 0 Å². The number of hydrogen-bond donors (Lipinski definition) is 2. The van der Waals surface area contributed by atoms with Crippen LogP contribution < -0.4 is 14.8 Å². The van der Waals surface area contributed by atoms with E-state index in [-0.39, 0.29) is 18.1 Å². The van der Waals surface area contributed by atoms with Crippen molar-refractivity contribution in [1.29, 1.82) is 0 Å². The van der Waals surface area contributed by atoms with Gasteiger partial charge in [0.25, 0.3) is 0 Å². The van der Waals surface area contributed by atoms with Crippen LogP contribution in [-0.4, -0.2) is 30.3 Å². The van der Waals surface area contributed by atoms with Gasteiger partial charge in [0.2, 0.25) is 0 Å². The third kappa shape index (κ3) is 4.87.